The molecule has 0 aliphatic heterocycles. The average molecular weight is 385 g/mol. The zero-order chi connectivity index (χ0) is 18.9. The molecule has 0 unspecified atom stereocenters. The van der Waals surface area contributed by atoms with Crippen molar-refractivity contribution in [2.75, 3.05) is 13.2 Å². The summed E-state index contributed by atoms with van der Waals surface area (Å²) in [5.41, 5.74) is 1.03. The third kappa shape index (κ3) is 6.64. The maximum absolute atomic E-state index is 12.1. The zero-order valence-electron chi connectivity index (χ0n) is 13.5. The fraction of sp³-hybridized carbons (Fsp3) is 0.235. The second kappa shape index (κ2) is 9.67. The summed E-state index contributed by atoms with van der Waals surface area (Å²) in [6.45, 7) is -3.00. The van der Waals surface area contributed by atoms with Gasteiger partial charge in [-0.25, -0.2) is 9.78 Å². The maximum atomic E-state index is 12.1. The number of halogens is 3. The van der Waals surface area contributed by atoms with Crippen LogP contribution in [0.3, 0.4) is 0 Å². The minimum Gasteiger partial charge on any atom is -0.452 e. The third-order valence-electron chi connectivity index (χ3n) is 3.18. The predicted octanol–water partition coefficient (Wildman–Crippen LogP) is 2.85. The lowest BCUT2D eigenvalue weighted by atomic mass is 10.1. The summed E-state index contributed by atoms with van der Waals surface area (Å²) in [6, 6.07) is 8.85. The number of hydrogen-bond donors (Lipinski definition) is 1. The Hall–Kier alpha value is -2.74. The molecule has 2 rings (SSSR count). The van der Waals surface area contributed by atoms with E-state index < -0.39 is 25.1 Å². The molecule has 0 aliphatic carbocycles. The normalized spacial score (nSPS) is 10.5. The van der Waals surface area contributed by atoms with Crippen LogP contribution in [0.5, 0.6) is 5.75 Å². The van der Waals surface area contributed by atoms with Gasteiger partial charge in [-0.3, -0.25) is 4.79 Å². The smallest absolute Gasteiger partial charge is 0.387 e. The molecule has 0 saturated carbocycles. The number of carbonyl (C=O) groups excluding carboxylic acids is 2. The number of nitrogens with zero attached hydrogens (tertiary/aromatic N) is 1. The number of amides is 1. The van der Waals surface area contributed by atoms with Gasteiger partial charge < -0.3 is 14.8 Å². The van der Waals surface area contributed by atoms with Crippen LogP contribution in [0, 0.1) is 0 Å². The molecule has 0 saturated heterocycles. The fourth-order valence-corrected chi connectivity index (χ4v) is 2.15. The van der Waals surface area contributed by atoms with Crippen molar-refractivity contribution in [2.24, 2.45) is 0 Å². The van der Waals surface area contributed by atoms with Crippen LogP contribution in [0.2, 0.25) is 5.15 Å². The van der Waals surface area contributed by atoms with Gasteiger partial charge in [-0.2, -0.15) is 8.78 Å². The molecular formula is C17H15ClF2N2O4. The number of hydrogen-bond acceptors (Lipinski definition) is 5. The summed E-state index contributed by atoms with van der Waals surface area (Å²) >= 11 is 5.67. The number of aromatic nitrogens is 1. The molecule has 0 atom stereocenters. The first-order chi connectivity index (χ1) is 12.4. The molecule has 1 amide bonds. The number of benzene rings is 1. The number of nitrogens with one attached hydrogen (secondary N) is 1. The summed E-state index contributed by atoms with van der Waals surface area (Å²) in [5, 5.41) is 2.74. The molecule has 2 aromatic rings. The van der Waals surface area contributed by atoms with Crippen LogP contribution in [0.25, 0.3) is 0 Å². The van der Waals surface area contributed by atoms with Gasteiger partial charge in [0.15, 0.2) is 6.61 Å². The van der Waals surface area contributed by atoms with E-state index in [0.717, 1.165) is 5.56 Å². The molecule has 1 N–H and O–H groups in total. The van der Waals surface area contributed by atoms with E-state index in [1.165, 1.54) is 30.5 Å². The molecule has 138 valence electrons. The zero-order valence-corrected chi connectivity index (χ0v) is 14.2. The van der Waals surface area contributed by atoms with Crippen molar-refractivity contribution >= 4 is 23.5 Å². The standard InChI is InChI=1S/C17H15ClF2N2O4/c18-14-9-12(6-8-21-14)16(24)25-10-15(23)22-7-5-11-1-3-13(4-2-11)26-17(19)20/h1-4,6,8-9,17H,5,7,10H2,(H,22,23). The van der Waals surface area contributed by atoms with Gasteiger partial charge in [-0.15, -0.1) is 0 Å². The summed E-state index contributed by atoms with van der Waals surface area (Å²) in [7, 11) is 0. The number of alkyl halides is 2. The Labute approximate surface area is 153 Å². The minimum absolute atomic E-state index is 0.0657. The highest BCUT2D eigenvalue weighted by molar-refractivity contribution is 6.29. The maximum Gasteiger partial charge on any atom is 0.387 e. The first-order valence-corrected chi connectivity index (χ1v) is 7.91. The molecule has 1 aromatic carbocycles. The molecule has 1 aromatic heterocycles. The second-order valence-corrected chi connectivity index (χ2v) is 5.45. The Morgan fingerprint density at radius 2 is 1.92 bits per heavy atom. The molecule has 0 radical (unpaired) electrons. The molecule has 6 nitrogen and oxygen atoms in total. The van der Waals surface area contributed by atoms with Crippen molar-refractivity contribution in [3.63, 3.8) is 0 Å². The number of ether oxygens (including phenoxy) is 2. The monoisotopic (exact) mass is 384 g/mol. The quantitative estimate of drug-likeness (QED) is 0.559. The van der Waals surface area contributed by atoms with Crippen LogP contribution in [-0.4, -0.2) is 36.6 Å². The largest absolute Gasteiger partial charge is 0.452 e. The van der Waals surface area contributed by atoms with Gasteiger partial charge in [0.2, 0.25) is 0 Å². The number of esters is 1. The molecule has 0 fully saturated rings. The van der Waals surface area contributed by atoms with E-state index in [1.807, 2.05) is 0 Å². The molecular weight excluding hydrogens is 370 g/mol. The first kappa shape index (κ1) is 19.6. The SMILES string of the molecule is O=C(COC(=O)c1ccnc(Cl)c1)NCCc1ccc(OC(F)F)cc1. The Kier molecular flexibility index (Phi) is 7.28. The Balaban J connectivity index is 1.69. The Morgan fingerprint density at radius 3 is 2.58 bits per heavy atom. The fourth-order valence-electron chi connectivity index (χ4n) is 1.98. The average Bonchev–Trinajstić information content (AvgIpc) is 2.60. The number of carbonyl (C=O) groups is 2. The van der Waals surface area contributed by atoms with Crippen molar-refractivity contribution in [2.45, 2.75) is 13.0 Å². The van der Waals surface area contributed by atoms with Crippen LogP contribution >= 0.6 is 11.6 Å². The van der Waals surface area contributed by atoms with E-state index >= 15 is 0 Å². The Bertz CT molecular complexity index is 757. The molecule has 0 aliphatic rings. The van der Waals surface area contributed by atoms with Gasteiger partial charge in [-0.05, 0) is 36.2 Å². The van der Waals surface area contributed by atoms with Crippen LogP contribution in [-0.2, 0) is 16.0 Å². The van der Waals surface area contributed by atoms with Crippen molar-refractivity contribution in [1.82, 2.24) is 10.3 Å². The van der Waals surface area contributed by atoms with E-state index in [2.05, 4.69) is 15.0 Å². The van der Waals surface area contributed by atoms with E-state index in [-0.39, 0.29) is 16.5 Å². The lowest BCUT2D eigenvalue weighted by molar-refractivity contribution is -0.124. The van der Waals surface area contributed by atoms with E-state index in [9.17, 15) is 18.4 Å². The highest BCUT2D eigenvalue weighted by Crippen LogP contribution is 2.15. The van der Waals surface area contributed by atoms with Crippen molar-refractivity contribution in [3.8, 4) is 5.75 Å². The van der Waals surface area contributed by atoms with E-state index in [1.54, 1.807) is 12.1 Å². The predicted molar refractivity (Wildman–Crippen MR) is 89.3 cm³/mol. The molecule has 0 bridgehead atoms. The first-order valence-electron chi connectivity index (χ1n) is 7.53. The summed E-state index contributed by atoms with van der Waals surface area (Å²) < 4.78 is 33.2. The van der Waals surface area contributed by atoms with Gasteiger partial charge in [0, 0.05) is 12.7 Å². The number of pyridine rings is 1. The summed E-state index contributed by atoms with van der Waals surface area (Å²) in [6.07, 6.45) is 1.84. The van der Waals surface area contributed by atoms with Gasteiger partial charge in [-0.1, -0.05) is 23.7 Å². The lowest BCUT2D eigenvalue weighted by Crippen LogP contribution is -2.30. The van der Waals surface area contributed by atoms with E-state index in [4.69, 9.17) is 16.3 Å². The molecule has 26 heavy (non-hydrogen) atoms. The molecule has 1 heterocycles. The van der Waals surface area contributed by atoms with Crippen LogP contribution in [0.15, 0.2) is 42.6 Å². The highest BCUT2D eigenvalue weighted by Gasteiger charge is 2.10. The van der Waals surface area contributed by atoms with Gasteiger partial charge in [0.1, 0.15) is 10.9 Å². The Morgan fingerprint density at radius 1 is 1.19 bits per heavy atom. The van der Waals surface area contributed by atoms with Crippen molar-refractivity contribution in [3.05, 3.63) is 58.9 Å². The summed E-state index contributed by atoms with van der Waals surface area (Å²) in [5.74, 6) is -1.08. The lowest BCUT2D eigenvalue weighted by Gasteiger charge is -2.08. The van der Waals surface area contributed by atoms with Gasteiger partial charge in [0.25, 0.3) is 5.91 Å². The van der Waals surface area contributed by atoms with E-state index in [0.29, 0.717) is 13.0 Å². The van der Waals surface area contributed by atoms with Crippen LogP contribution < -0.4 is 10.1 Å². The van der Waals surface area contributed by atoms with Gasteiger partial charge in [0.05, 0.1) is 5.56 Å². The van der Waals surface area contributed by atoms with Crippen LogP contribution in [0.4, 0.5) is 8.78 Å². The van der Waals surface area contributed by atoms with Crippen LogP contribution in [0.1, 0.15) is 15.9 Å². The van der Waals surface area contributed by atoms with Crippen molar-refractivity contribution < 1.29 is 27.8 Å². The highest BCUT2D eigenvalue weighted by atomic mass is 35.5. The third-order valence-corrected chi connectivity index (χ3v) is 3.39. The molecule has 9 heteroatoms. The van der Waals surface area contributed by atoms with Crippen molar-refractivity contribution in [1.29, 1.82) is 0 Å². The van der Waals surface area contributed by atoms with Gasteiger partial charge >= 0.3 is 12.6 Å². The topological polar surface area (TPSA) is 77.5 Å². The number of rotatable bonds is 8. The second-order valence-electron chi connectivity index (χ2n) is 5.07. The summed E-state index contributed by atoms with van der Waals surface area (Å²) in [4.78, 5) is 27.2. The molecule has 0 spiro atoms. The minimum atomic E-state index is -2.87.